The summed E-state index contributed by atoms with van der Waals surface area (Å²) in [5.74, 6) is -1.78. The molecule has 11 heteroatoms. The van der Waals surface area contributed by atoms with Crippen molar-refractivity contribution in [3.05, 3.63) is 94.8 Å². The van der Waals surface area contributed by atoms with E-state index in [1.807, 2.05) is 0 Å². The maximum atomic E-state index is 13.6. The number of aliphatic carboxylic acids is 1. The molecule has 0 bridgehead atoms. The Morgan fingerprint density at radius 3 is 2.61 bits per heavy atom. The third-order valence-electron chi connectivity index (χ3n) is 5.31. The summed E-state index contributed by atoms with van der Waals surface area (Å²) in [6.45, 7) is 3.03. The Hall–Kier alpha value is -3.57. The van der Waals surface area contributed by atoms with Crippen LogP contribution in [0.15, 0.2) is 68.0 Å². The minimum absolute atomic E-state index is 0.150. The fraction of sp³-hybridized carbons (Fsp3) is 0.200. The number of esters is 1. The van der Waals surface area contributed by atoms with Crippen LogP contribution >= 0.6 is 27.3 Å². The lowest BCUT2D eigenvalue weighted by Gasteiger charge is -2.24. The molecule has 8 nitrogen and oxygen atoms in total. The van der Waals surface area contributed by atoms with Crippen LogP contribution in [0.1, 0.15) is 31.0 Å². The van der Waals surface area contributed by atoms with Crippen molar-refractivity contribution in [2.24, 2.45) is 4.99 Å². The van der Waals surface area contributed by atoms with E-state index < -0.39 is 30.4 Å². The van der Waals surface area contributed by atoms with Crippen LogP contribution in [0.25, 0.3) is 6.08 Å². The molecule has 1 aliphatic rings. The number of allylic oxidation sites excluding steroid dienone is 1. The van der Waals surface area contributed by atoms with Gasteiger partial charge in [-0.3, -0.25) is 9.36 Å². The van der Waals surface area contributed by atoms with Gasteiger partial charge in [0.25, 0.3) is 5.56 Å². The zero-order valence-corrected chi connectivity index (χ0v) is 21.6. The highest BCUT2D eigenvalue weighted by Gasteiger charge is 2.33. The Balaban J connectivity index is 1.83. The molecule has 0 unspecified atom stereocenters. The summed E-state index contributed by atoms with van der Waals surface area (Å²) in [5.41, 5.74) is 1.46. The summed E-state index contributed by atoms with van der Waals surface area (Å²) < 4.78 is 26.4. The van der Waals surface area contributed by atoms with Crippen molar-refractivity contribution in [1.82, 2.24) is 4.57 Å². The van der Waals surface area contributed by atoms with Crippen LogP contribution in [0, 0.1) is 5.82 Å². The van der Waals surface area contributed by atoms with Gasteiger partial charge in [-0.15, -0.1) is 0 Å². The van der Waals surface area contributed by atoms with Crippen LogP contribution in [0.4, 0.5) is 4.39 Å². The third kappa shape index (κ3) is 5.17. The number of halogens is 2. The molecular formula is C25H20BrFN2O6S. The number of carboxylic acid groups (broad SMARTS) is 1. The van der Waals surface area contributed by atoms with Gasteiger partial charge in [0, 0.05) is 0 Å². The molecule has 0 saturated heterocycles. The summed E-state index contributed by atoms with van der Waals surface area (Å²) in [6, 6.07) is 9.75. The average molecular weight is 575 g/mol. The molecule has 0 saturated carbocycles. The van der Waals surface area contributed by atoms with Crippen LogP contribution in [-0.4, -0.2) is 34.8 Å². The Bertz CT molecular complexity index is 1560. The molecule has 0 spiro atoms. The molecule has 0 fully saturated rings. The van der Waals surface area contributed by atoms with Gasteiger partial charge in [-0.1, -0.05) is 29.5 Å². The van der Waals surface area contributed by atoms with Gasteiger partial charge in [-0.2, -0.15) is 0 Å². The van der Waals surface area contributed by atoms with E-state index in [1.54, 1.807) is 38.1 Å². The highest BCUT2D eigenvalue weighted by Crippen LogP contribution is 2.31. The number of nitrogens with zero attached hydrogens (tertiary/aromatic N) is 2. The number of aromatic nitrogens is 1. The first-order chi connectivity index (χ1) is 17.2. The number of carboxylic acids is 1. The minimum atomic E-state index is -1.10. The van der Waals surface area contributed by atoms with E-state index in [0.717, 1.165) is 11.3 Å². The first kappa shape index (κ1) is 25.5. The number of carbonyl (C=O) groups is 2. The lowest BCUT2D eigenvalue weighted by molar-refractivity contribution is -0.140. The number of hydrogen-bond donors (Lipinski definition) is 1. The topological polar surface area (TPSA) is 107 Å². The van der Waals surface area contributed by atoms with Crippen LogP contribution in [0.5, 0.6) is 5.75 Å². The number of hydrogen-bond acceptors (Lipinski definition) is 7. The van der Waals surface area contributed by atoms with Crippen LogP contribution < -0.4 is 19.6 Å². The Kier molecular flexibility index (Phi) is 7.51. The van der Waals surface area contributed by atoms with E-state index in [-0.39, 0.29) is 17.7 Å². The molecule has 1 aromatic heterocycles. The largest absolute Gasteiger partial charge is 0.481 e. The summed E-state index contributed by atoms with van der Waals surface area (Å²) in [5, 5.41) is 8.80. The maximum absolute atomic E-state index is 13.6. The standard InChI is InChI=1S/C25H20BrFN2O6S/c1-3-34-24(33)21-13(2)28-25-29(22(21)15-5-7-16(27)8-6-15)23(32)19(36-25)11-14-4-9-18(17(26)10-14)35-12-20(30)31/h4-11,22H,3,12H2,1-2H3,(H,30,31)/b19-11+/t22-/m1/s1. The van der Waals surface area contributed by atoms with Gasteiger partial charge in [-0.05, 0) is 71.2 Å². The molecule has 1 N–H and O–H groups in total. The molecule has 36 heavy (non-hydrogen) atoms. The lowest BCUT2D eigenvalue weighted by atomic mass is 9.96. The molecule has 2 heterocycles. The van der Waals surface area contributed by atoms with E-state index in [0.29, 0.717) is 36.4 Å². The fourth-order valence-corrected chi connectivity index (χ4v) is 5.32. The molecule has 186 valence electrons. The highest BCUT2D eigenvalue weighted by atomic mass is 79.9. The zero-order chi connectivity index (χ0) is 26.0. The summed E-state index contributed by atoms with van der Waals surface area (Å²) in [4.78, 5) is 42.1. The predicted molar refractivity (Wildman–Crippen MR) is 134 cm³/mol. The minimum Gasteiger partial charge on any atom is -0.481 e. The molecule has 0 amide bonds. The Morgan fingerprint density at radius 1 is 1.25 bits per heavy atom. The molecule has 3 aromatic rings. The Labute approximate surface area is 216 Å². The van der Waals surface area contributed by atoms with Crippen LogP contribution in [-0.2, 0) is 14.3 Å². The van der Waals surface area contributed by atoms with Crippen molar-refractivity contribution in [3.8, 4) is 5.75 Å². The first-order valence-electron chi connectivity index (χ1n) is 10.8. The van der Waals surface area contributed by atoms with Gasteiger partial charge >= 0.3 is 11.9 Å². The molecule has 0 radical (unpaired) electrons. The van der Waals surface area contributed by atoms with Crippen molar-refractivity contribution in [2.45, 2.75) is 19.9 Å². The average Bonchev–Trinajstić information content (AvgIpc) is 3.12. The number of thiazole rings is 1. The third-order valence-corrected chi connectivity index (χ3v) is 6.91. The van der Waals surface area contributed by atoms with E-state index in [4.69, 9.17) is 14.6 Å². The summed E-state index contributed by atoms with van der Waals surface area (Å²) in [6.07, 6.45) is 1.67. The highest BCUT2D eigenvalue weighted by molar-refractivity contribution is 9.10. The monoisotopic (exact) mass is 574 g/mol. The number of rotatable bonds is 7. The van der Waals surface area contributed by atoms with Gasteiger partial charge < -0.3 is 14.6 Å². The number of ether oxygens (including phenoxy) is 2. The first-order valence-corrected chi connectivity index (χ1v) is 12.4. The zero-order valence-electron chi connectivity index (χ0n) is 19.2. The number of fused-ring (bicyclic) bond motifs is 1. The normalized spacial score (nSPS) is 15.3. The predicted octanol–water partition coefficient (Wildman–Crippen LogP) is 3.16. The van der Waals surface area contributed by atoms with Crippen molar-refractivity contribution in [3.63, 3.8) is 0 Å². The lowest BCUT2D eigenvalue weighted by Crippen LogP contribution is -2.39. The van der Waals surface area contributed by atoms with E-state index in [9.17, 15) is 18.8 Å². The van der Waals surface area contributed by atoms with E-state index in [1.165, 1.54) is 28.8 Å². The second-order valence-electron chi connectivity index (χ2n) is 7.73. The van der Waals surface area contributed by atoms with Gasteiger partial charge in [0.15, 0.2) is 11.4 Å². The molecule has 4 rings (SSSR count). The van der Waals surface area contributed by atoms with Crippen LogP contribution in [0.3, 0.4) is 0 Å². The fourth-order valence-electron chi connectivity index (χ4n) is 3.77. The number of benzene rings is 2. The van der Waals surface area contributed by atoms with E-state index >= 15 is 0 Å². The molecular weight excluding hydrogens is 555 g/mol. The molecule has 1 atom stereocenters. The molecule has 2 aromatic carbocycles. The molecule has 1 aliphatic heterocycles. The molecule has 0 aliphatic carbocycles. The van der Waals surface area contributed by atoms with Gasteiger partial charge in [0.05, 0.1) is 32.9 Å². The van der Waals surface area contributed by atoms with E-state index in [2.05, 4.69) is 20.9 Å². The smallest absolute Gasteiger partial charge is 0.341 e. The summed E-state index contributed by atoms with van der Waals surface area (Å²) >= 11 is 4.51. The summed E-state index contributed by atoms with van der Waals surface area (Å²) in [7, 11) is 0. The number of carbonyl (C=O) groups excluding carboxylic acids is 1. The van der Waals surface area contributed by atoms with Gasteiger partial charge in [0.1, 0.15) is 11.6 Å². The second kappa shape index (κ2) is 10.6. The van der Waals surface area contributed by atoms with Crippen LogP contribution in [0.2, 0.25) is 0 Å². The maximum Gasteiger partial charge on any atom is 0.341 e. The van der Waals surface area contributed by atoms with Crippen molar-refractivity contribution in [2.75, 3.05) is 13.2 Å². The van der Waals surface area contributed by atoms with Crippen molar-refractivity contribution in [1.29, 1.82) is 0 Å². The van der Waals surface area contributed by atoms with Crippen molar-refractivity contribution < 1.29 is 28.6 Å². The van der Waals surface area contributed by atoms with Crippen molar-refractivity contribution >= 4 is 45.3 Å². The quantitative estimate of drug-likeness (QED) is 0.434. The Morgan fingerprint density at radius 2 is 1.97 bits per heavy atom. The van der Waals surface area contributed by atoms with Gasteiger partial charge in [0.2, 0.25) is 0 Å². The van der Waals surface area contributed by atoms with Gasteiger partial charge in [-0.25, -0.2) is 19.0 Å². The SMILES string of the molecule is CCOC(=O)C1=C(C)N=c2s/c(=C/c3ccc(OCC(=O)O)c(Br)c3)c(=O)n2[C@@H]1c1ccc(F)cc1. The second-order valence-corrected chi connectivity index (χ2v) is 9.59.